The SMILES string of the molecule is C=C(N[C@@H](C)c1cc2cccc(C#Cc3cnn(C)c3)c2c(=O)n1-c1ccccc1)c1cncc2cccnc12. The highest BCUT2D eigenvalue weighted by molar-refractivity contribution is 5.90. The van der Waals surface area contributed by atoms with Crippen molar-refractivity contribution in [3.05, 3.63) is 137 Å². The van der Waals surface area contributed by atoms with Crippen LogP contribution in [0.3, 0.4) is 0 Å². The third-order valence-electron chi connectivity index (χ3n) is 6.81. The summed E-state index contributed by atoms with van der Waals surface area (Å²) in [5.74, 6) is 6.34. The van der Waals surface area contributed by atoms with E-state index in [9.17, 15) is 4.79 Å². The van der Waals surface area contributed by atoms with Gasteiger partial charge in [-0.3, -0.25) is 24.0 Å². The van der Waals surface area contributed by atoms with Crippen LogP contribution in [-0.2, 0) is 7.05 Å². The number of hydrogen-bond acceptors (Lipinski definition) is 5. The van der Waals surface area contributed by atoms with Crippen molar-refractivity contribution in [1.29, 1.82) is 0 Å². The molecule has 0 amide bonds. The number of nitrogens with one attached hydrogen (secondary N) is 1. The van der Waals surface area contributed by atoms with Crippen molar-refractivity contribution in [3.63, 3.8) is 0 Å². The lowest BCUT2D eigenvalue weighted by Crippen LogP contribution is -2.28. The van der Waals surface area contributed by atoms with Crippen molar-refractivity contribution in [3.8, 4) is 17.5 Å². The van der Waals surface area contributed by atoms with Gasteiger partial charge in [-0.1, -0.05) is 48.8 Å². The number of pyridine rings is 3. The fourth-order valence-electron chi connectivity index (χ4n) is 4.91. The van der Waals surface area contributed by atoms with Crippen LogP contribution in [0.25, 0.3) is 33.1 Å². The van der Waals surface area contributed by atoms with Crippen LogP contribution in [0.1, 0.15) is 35.3 Å². The van der Waals surface area contributed by atoms with E-state index in [0.29, 0.717) is 16.6 Å². The molecule has 7 nitrogen and oxygen atoms in total. The second kappa shape index (κ2) is 10.4. The first kappa shape index (κ1) is 24.8. The molecule has 0 spiro atoms. The first-order chi connectivity index (χ1) is 19.5. The van der Waals surface area contributed by atoms with Gasteiger partial charge in [0.1, 0.15) is 0 Å². The second-order valence-corrected chi connectivity index (χ2v) is 9.57. The summed E-state index contributed by atoms with van der Waals surface area (Å²) in [5.41, 5.74) is 5.18. The van der Waals surface area contributed by atoms with Crippen molar-refractivity contribution in [2.45, 2.75) is 13.0 Å². The van der Waals surface area contributed by atoms with E-state index in [-0.39, 0.29) is 11.6 Å². The second-order valence-electron chi connectivity index (χ2n) is 9.57. The number of benzene rings is 2. The maximum absolute atomic E-state index is 14.2. The average molecular weight is 523 g/mol. The number of aromatic nitrogens is 5. The zero-order valence-electron chi connectivity index (χ0n) is 22.2. The van der Waals surface area contributed by atoms with Gasteiger partial charge >= 0.3 is 0 Å². The fourth-order valence-corrected chi connectivity index (χ4v) is 4.91. The molecule has 0 radical (unpaired) electrons. The molecule has 0 saturated heterocycles. The van der Waals surface area contributed by atoms with Crippen molar-refractivity contribution in [2.24, 2.45) is 7.05 Å². The molecule has 7 heteroatoms. The van der Waals surface area contributed by atoms with Crippen LogP contribution >= 0.6 is 0 Å². The summed E-state index contributed by atoms with van der Waals surface area (Å²) in [7, 11) is 1.85. The zero-order chi connectivity index (χ0) is 27.6. The highest BCUT2D eigenvalue weighted by atomic mass is 16.1. The van der Waals surface area contributed by atoms with Gasteiger partial charge in [0.2, 0.25) is 0 Å². The van der Waals surface area contributed by atoms with Gasteiger partial charge in [-0.25, -0.2) is 0 Å². The normalized spacial score (nSPS) is 11.7. The van der Waals surface area contributed by atoms with E-state index in [4.69, 9.17) is 0 Å². The van der Waals surface area contributed by atoms with Crippen LogP contribution in [-0.4, -0.2) is 24.3 Å². The van der Waals surface area contributed by atoms with Gasteiger partial charge in [-0.05, 0) is 48.7 Å². The van der Waals surface area contributed by atoms with Gasteiger partial charge in [0.25, 0.3) is 5.56 Å². The molecule has 194 valence electrons. The average Bonchev–Trinajstić information content (AvgIpc) is 3.40. The van der Waals surface area contributed by atoms with Gasteiger partial charge < -0.3 is 5.32 Å². The summed E-state index contributed by atoms with van der Waals surface area (Å²) in [6, 6.07) is 21.0. The Labute approximate surface area is 231 Å². The van der Waals surface area contributed by atoms with Crippen molar-refractivity contribution in [1.82, 2.24) is 29.6 Å². The Morgan fingerprint density at radius 1 is 0.975 bits per heavy atom. The molecular formula is C33H26N6O. The molecule has 0 unspecified atom stereocenters. The number of nitrogens with zero attached hydrogens (tertiary/aromatic N) is 5. The zero-order valence-corrected chi connectivity index (χ0v) is 22.2. The minimum atomic E-state index is -0.270. The topological polar surface area (TPSA) is 77.6 Å². The summed E-state index contributed by atoms with van der Waals surface area (Å²) in [4.78, 5) is 23.1. The number of hydrogen-bond donors (Lipinski definition) is 1. The number of fused-ring (bicyclic) bond motifs is 2. The van der Waals surface area contributed by atoms with Crippen LogP contribution in [0.15, 0.2) is 109 Å². The van der Waals surface area contributed by atoms with Gasteiger partial charge in [-0.2, -0.15) is 5.10 Å². The third-order valence-corrected chi connectivity index (χ3v) is 6.81. The van der Waals surface area contributed by atoms with Gasteiger partial charge in [-0.15, -0.1) is 0 Å². The summed E-state index contributed by atoms with van der Waals surface area (Å²) in [6.45, 7) is 6.31. The quantitative estimate of drug-likeness (QED) is 0.307. The molecule has 0 aliphatic heterocycles. The van der Waals surface area contributed by atoms with Crippen LogP contribution in [0.4, 0.5) is 0 Å². The minimum Gasteiger partial charge on any atom is -0.377 e. The summed E-state index contributed by atoms with van der Waals surface area (Å²) < 4.78 is 3.45. The molecule has 1 N–H and O–H groups in total. The number of rotatable bonds is 5. The Kier molecular flexibility index (Phi) is 6.43. The molecular weight excluding hydrogens is 496 g/mol. The predicted octanol–water partition coefficient (Wildman–Crippen LogP) is 5.39. The molecule has 1 atom stereocenters. The molecule has 2 aromatic carbocycles. The van der Waals surface area contributed by atoms with Crippen molar-refractivity contribution in [2.75, 3.05) is 0 Å². The fraction of sp³-hybridized carbons (Fsp3) is 0.0909. The van der Waals surface area contributed by atoms with E-state index in [1.54, 1.807) is 34.0 Å². The Balaban J connectivity index is 1.47. The van der Waals surface area contributed by atoms with Gasteiger partial charge in [0.05, 0.1) is 28.7 Å². The smallest absolute Gasteiger partial charge is 0.264 e. The molecule has 0 fully saturated rings. The lowest BCUT2D eigenvalue weighted by molar-refractivity contribution is 0.652. The predicted molar refractivity (Wildman–Crippen MR) is 159 cm³/mol. The molecule has 0 aliphatic rings. The molecule has 0 bridgehead atoms. The van der Waals surface area contributed by atoms with E-state index in [2.05, 4.69) is 38.8 Å². The maximum Gasteiger partial charge on any atom is 0.264 e. The molecule has 4 heterocycles. The Bertz CT molecular complexity index is 2010. The van der Waals surface area contributed by atoms with Crippen molar-refractivity contribution >= 4 is 27.4 Å². The number of para-hydroxylation sites is 1. The highest BCUT2D eigenvalue weighted by Gasteiger charge is 2.19. The molecule has 6 aromatic rings. The lowest BCUT2D eigenvalue weighted by Gasteiger charge is -2.23. The van der Waals surface area contributed by atoms with E-state index in [0.717, 1.165) is 38.8 Å². The maximum atomic E-state index is 14.2. The monoisotopic (exact) mass is 522 g/mol. The Hall–Kier alpha value is -5.48. The Morgan fingerprint density at radius 2 is 1.80 bits per heavy atom. The summed E-state index contributed by atoms with van der Waals surface area (Å²) >= 11 is 0. The molecule has 6 rings (SSSR count). The van der Waals surface area contributed by atoms with Crippen LogP contribution in [0.5, 0.6) is 0 Å². The lowest BCUT2D eigenvalue weighted by atomic mass is 10.0. The van der Waals surface area contributed by atoms with E-state index >= 15 is 0 Å². The Morgan fingerprint density at radius 3 is 2.60 bits per heavy atom. The first-order valence-corrected chi connectivity index (χ1v) is 12.9. The summed E-state index contributed by atoms with van der Waals surface area (Å²) in [5, 5.41) is 10.0. The standard InChI is InChI=1S/C33H26N6O/c1-22(29-20-34-19-27-11-8-16-35-32(27)29)37-23(2)30-17-26-10-7-9-25(15-14-24-18-36-38(3)21-24)31(26)33(40)39(30)28-12-5-4-6-13-28/h4-13,16-21,23,37H,1H2,2-3H3/t23-/m0/s1. The number of aryl methyl sites for hydroxylation is 1. The van der Waals surface area contributed by atoms with Gasteiger partial charge in [0.15, 0.2) is 0 Å². The van der Waals surface area contributed by atoms with Gasteiger partial charge in [0, 0.05) is 65.4 Å². The highest BCUT2D eigenvalue weighted by Crippen LogP contribution is 2.26. The molecule has 0 aliphatic carbocycles. The largest absolute Gasteiger partial charge is 0.377 e. The van der Waals surface area contributed by atoms with E-state index in [1.165, 1.54) is 0 Å². The summed E-state index contributed by atoms with van der Waals surface area (Å²) in [6.07, 6.45) is 8.86. The molecule has 40 heavy (non-hydrogen) atoms. The van der Waals surface area contributed by atoms with E-state index in [1.807, 2.05) is 86.9 Å². The van der Waals surface area contributed by atoms with Crippen molar-refractivity contribution < 1.29 is 0 Å². The minimum absolute atomic E-state index is 0.137. The van der Waals surface area contributed by atoms with Crippen LogP contribution in [0, 0.1) is 11.8 Å². The first-order valence-electron chi connectivity index (χ1n) is 12.9. The molecule has 0 saturated carbocycles. The van der Waals surface area contributed by atoms with Crippen LogP contribution < -0.4 is 10.9 Å². The molecule has 4 aromatic heterocycles. The van der Waals surface area contributed by atoms with E-state index < -0.39 is 0 Å². The third kappa shape index (κ3) is 4.63. The van der Waals surface area contributed by atoms with Crippen LogP contribution in [0.2, 0.25) is 0 Å².